The van der Waals surface area contributed by atoms with Gasteiger partial charge in [0.15, 0.2) is 0 Å². The van der Waals surface area contributed by atoms with E-state index >= 15 is 0 Å². The fourth-order valence-corrected chi connectivity index (χ4v) is 2.37. The zero-order valence-corrected chi connectivity index (χ0v) is 12.8. The number of hydrogen-bond acceptors (Lipinski definition) is 3. The maximum absolute atomic E-state index is 11.1. The number of nitrogens with one attached hydrogen (secondary N) is 1. The molecule has 1 aromatic rings. The second-order valence-corrected chi connectivity index (χ2v) is 5.49. The molecule has 0 saturated heterocycles. The normalized spacial score (nSPS) is 13.9. The molecule has 1 aromatic carbocycles. The van der Waals surface area contributed by atoms with E-state index in [1.165, 1.54) is 0 Å². The molecule has 112 valence electrons. The van der Waals surface area contributed by atoms with Crippen LogP contribution in [0.1, 0.15) is 45.6 Å². The Bertz CT molecular complexity index is 421. The lowest BCUT2D eigenvalue weighted by Gasteiger charge is -2.21. The average Bonchev–Trinajstić information content (AvgIpc) is 2.44. The lowest BCUT2D eigenvalue weighted by Crippen LogP contribution is -2.33. The Morgan fingerprint density at radius 1 is 1.30 bits per heavy atom. The monoisotopic (exact) mass is 278 g/mol. The first kappa shape index (κ1) is 16.6. The molecule has 0 aliphatic rings. The van der Waals surface area contributed by atoms with E-state index in [1.54, 1.807) is 12.1 Å². The summed E-state index contributed by atoms with van der Waals surface area (Å²) >= 11 is 0. The molecular formula is C16H26N2O2. The molecule has 1 N–H and O–H groups in total. The topological polar surface area (TPSA) is 55.2 Å². The van der Waals surface area contributed by atoms with Crippen LogP contribution >= 0.6 is 0 Å². The molecular weight excluding hydrogens is 252 g/mol. The molecule has 0 aliphatic carbocycles. The molecule has 2 unspecified atom stereocenters. The van der Waals surface area contributed by atoms with Crippen LogP contribution in [0.25, 0.3) is 0 Å². The Morgan fingerprint density at radius 3 is 2.60 bits per heavy atom. The molecule has 20 heavy (non-hydrogen) atoms. The van der Waals surface area contributed by atoms with E-state index in [0.29, 0.717) is 12.0 Å². The zero-order chi connectivity index (χ0) is 15.0. The fourth-order valence-electron chi connectivity index (χ4n) is 2.37. The number of nitro benzene ring substituents is 1. The van der Waals surface area contributed by atoms with E-state index in [2.05, 4.69) is 26.1 Å². The van der Waals surface area contributed by atoms with Gasteiger partial charge in [-0.1, -0.05) is 45.4 Å². The van der Waals surface area contributed by atoms with Crippen molar-refractivity contribution in [3.05, 3.63) is 39.9 Å². The van der Waals surface area contributed by atoms with Gasteiger partial charge in [0.05, 0.1) is 4.92 Å². The number of para-hydroxylation sites is 1. The van der Waals surface area contributed by atoms with Gasteiger partial charge in [-0.15, -0.1) is 0 Å². The molecule has 0 amide bonds. The summed E-state index contributed by atoms with van der Waals surface area (Å²) in [5, 5.41) is 14.6. The van der Waals surface area contributed by atoms with Gasteiger partial charge in [-0.3, -0.25) is 10.1 Å². The molecule has 4 heteroatoms. The number of rotatable bonds is 9. The second kappa shape index (κ2) is 8.69. The van der Waals surface area contributed by atoms with E-state index in [9.17, 15) is 10.1 Å². The summed E-state index contributed by atoms with van der Waals surface area (Å²) in [5.74, 6) is 0.632. The van der Waals surface area contributed by atoms with Gasteiger partial charge in [-0.25, -0.2) is 0 Å². The zero-order valence-electron chi connectivity index (χ0n) is 12.8. The summed E-state index contributed by atoms with van der Waals surface area (Å²) in [7, 11) is 0. The van der Waals surface area contributed by atoms with Crippen molar-refractivity contribution in [2.45, 2.75) is 52.5 Å². The van der Waals surface area contributed by atoms with Crippen LogP contribution in [0.2, 0.25) is 0 Å². The van der Waals surface area contributed by atoms with E-state index < -0.39 is 0 Å². The van der Waals surface area contributed by atoms with Gasteiger partial charge in [0, 0.05) is 17.7 Å². The Morgan fingerprint density at radius 2 is 2.00 bits per heavy atom. The van der Waals surface area contributed by atoms with Gasteiger partial charge in [-0.05, 0) is 31.7 Å². The predicted molar refractivity (Wildman–Crippen MR) is 83.0 cm³/mol. The highest BCUT2D eigenvalue weighted by Gasteiger charge is 2.18. The highest BCUT2D eigenvalue weighted by Crippen LogP contribution is 2.21. The van der Waals surface area contributed by atoms with Crippen LogP contribution in [-0.2, 0) is 6.42 Å². The summed E-state index contributed by atoms with van der Waals surface area (Å²) in [6.07, 6.45) is 4.00. The quantitative estimate of drug-likeness (QED) is 0.550. The van der Waals surface area contributed by atoms with Crippen LogP contribution in [0.15, 0.2) is 24.3 Å². The molecule has 0 bridgehead atoms. The Labute approximate surface area is 121 Å². The SMILES string of the molecule is CCCNC(Cc1ccccc1[N+](=O)[O-])CC(C)CC. The van der Waals surface area contributed by atoms with Crippen LogP contribution in [-0.4, -0.2) is 17.5 Å². The molecule has 0 spiro atoms. The molecule has 2 atom stereocenters. The Hall–Kier alpha value is -1.42. The van der Waals surface area contributed by atoms with Crippen molar-refractivity contribution in [1.29, 1.82) is 0 Å². The smallest absolute Gasteiger partial charge is 0.272 e. The fraction of sp³-hybridized carbons (Fsp3) is 0.625. The van der Waals surface area contributed by atoms with Crippen molar-refractivity contribution in [3.63, 3.8) is 0 Å². The summed E-state index contributed by atoms with van der Waals surface area (Å²) in [6.45, 7) is 7.52. The molecule has 1 rings (SSSR count). The van der Waals surface area contributed by atoms with E-state index in [4.69, 9.17) is 0 Å². The minimum atomic E-state index is -0.282. The summed E-state index contributed by atoms with van der Waals surface area (Å²) in [6, 6.07) is 7.38. The molecule has 0 heterocycles. The molecule has 0 aromatic heterocycles. The van der Waals surface area contributed by atoms with E-state index in [-0.39, 0.29) is 10.6 Å². The van der Waals surface area contributed by atoms with Crippen molar-refractivity contribution >= 4 is 5.69 Å². The van der Waals surface area contributed by atoms with Crippen LogP contribution in [0.5, 0.6) is 0 Å². The van der Waals surface area contributed by atoms with Gasteiger partial charge in [0.1, 0.15) is 0 Å². The van der Waals surface area contributed by atoms with Gasteiger partial charge >= 0.3 is 0 Å². The lowest BCUT2D eigenvalue weighted by molar-refractivity contribution is -0.385. The van der Waals surface area contributed by atoms with Crippen LogP contribution in [0, 0.1) is 16.0 Å². The van der Waals surface area contributed by atoms with Crippen LogP contribution in [0.4, 0.5) is 5.69 Å². The van der Waals surface area contributed by atoms with Crippen molar-refractivity contribution in [3.8, 4) is 0 Å². The summed E-state index contributed by atoms with van der Waals surface area (Å²) in [4.78, 5) is 10.8. The van der Waals surface area contributed by atoms with E-state index in [0.717, 1.165) is 37.8 Å². The van der Waals surface area contributed by atoms with Crippen molar-refractivity contribution in [2.75, 3.05) is 6.54 Å². The number of nitrogens with zero attached hydrogens (tertiary/aromatic N) is 1. The van der Waals surface area contributed by atoms with Crippen molar-refractivity contribution in [2.24, 2.45) is 5.92 Å². The molecule has 0 saturated carbocycles. The first-order chi connectivity index (χ1) is 9.58. The molecule has 4 nitrogen and oxygen atoms in total. The number of hydrogen-bond donors (Lipinski definition) is 1. The summed E-state index contributed by atoms with van der Waals surface area (Å²) in [5.41, 5.74) is 1.06. The minimum absolute atomic E-state index is 0.236. The maximum Gasteiger partial charge on any atom is 0.272 e. The first-order valence-corrected chi connectivity index (χ1v) is 7.54. The van der Waals surface area contributed by atoms with Crippen LogP contribution in [0.3, 0.4) is 0 Å². The average molecular weight is 278 g/mol. The predicted octanol–water partition coefficient (Wildman–Crippen LogP) is 3.94. The van der Waals surface area contributed by atoms with Crippen LogP contribution < -0.4 is 5.32 Å². The van der Waals surface area contributed by atoms with Crippen molar-refractivity contribution in [1.82, 2.24) is 5.32 Å². The Kier molecular flexibility index (Phi) is 7.23. The molecule has 0 fully saturated rings. The lowest BCUT2D eigenvalue weighted by atomic mass is 9.94. The largest absolute Gasteiger partial charge is 0.314 e. The van der Waals surface area contributed by atoms with Crippen molar-refractivity contribution < 1.29 is 4.92 Å². The van der Waals surface area contributed by atoms with Gasteiger partial charge in [0.25, 0.3) is 5.69 Å². The van der Waals surface area contributed by atoms with E-state index in [1.807, 2.05) is 12.1 Å². The highest BCUT2D eigenvalue weighted by atomic mass is 16.6. The van der Waals surface area contributed by atoms with Gasteiger partial charge in [0.2, 0.25) is 0 Å². The van der Waals surface area contributed by atoms with Gasteiger partial charge in [-0.2, -0.15) is 0 Å². The third kappa shape index (κ3) is 5.29. The number of nitro groups is 1. The maximum atomic E-state index is 11.1. The third-order valence-electron chi connectivity index (χ3n) is 3.72. The number of benzene rings is 1. The highest BCUT2D eigenvalue weighted by molar-refractivity contribution is 5.40. The Balaban J connectivity index is 2.80. The second-order valence-electron chi connectivity index (χ2n) is 5.49. The standard InChI is InChI=1S/C16H26N2O2/c1-4-10-17-15(11-13(3)5-2)12-14-8-6-7-9-16(14)18(19)20/h6-9,13,15,17H,4-5,10-12H2,1-3H3. The summed E-state index contributed by atoms with van der Waals surface area (Å²) < 4.78 is 0. The van der Waals surface area contributed by atoms with Gasteiger partial charge < -0.3 is 5.32 Å². The minimum Gasteiger partial charge on any atom is -0.314 e. The third-order valence-corrected chi connectivity index (χ3v) is 3.72. The first-order valence-electron chi connectivity index (χ1n) is 7.54. The molecule has 0 radical (unpaired) electrons. The molecule has 0 aliphatic heterocycles.